The van der Waals surface area contributed by atoms with Crippen LogP contribution in [0.25, 0.3) is 11.0 Å². The Morgan fingerprint density at radius 1 is 1.07 bits per heavy atom. The van der Waals surface area contributed by atoms with Crippen molar-refractivity contribution in [1.82, 2.24) is 15.4 Å². The molecule has 2 aromatic rings. The Kier molecular flexibility index (Phi) is 1.13. The van der Waals surface area contributed by atoms with Crippen molar-refractivity contribution < 1.29 is 18.3 Å². The Labute approximate surface area is 75.6 Å². The average molecular weight is 199 g/mol. The van der Waals surface area contributed by atoms with Gasteiger partial charge in [-0.3, -0.25) is 0 Å². The summed E-state index contributed by atoms with van der Waals surface area (Å²) >= 11 is 0. The zero-order chi connectivity index (χ0) is 9.76. The second-order valence-electron chi connectivity index (χ2n) is 2.78. The molecule has 0 saturated carbocycles. The van der Waals surface area contributed by atoms with Crippen molar-refractivity contribution in [2.75, 3.05) is 0 Å². The van der Waals surface area contributed by atoms with E-state index in [2.05, 4.69) is 24.9 Å². The number of halogens is 2. The third kappa shape index (κ3) is 0.918. The Morgan fingerprint density at radius 3 is 2.07 bits per heavy atom. The number of H-pyrrole nitrogens is 1. The van der Waals surface area contributed by atoms with Gasteiger partial charge < -0.3 is 9.47 Å². The van der Waals surface area contributed by atoms with Crippen molar-refractivity contribution in [2.24, 2.45) is 0 Å². The Hall–Kier alpha value is -1.92. The van der Waals surface area contributed by atoms with Crippen molar-refractivity contribution in [1.29, 1.82) is 0 Å². The number of hydrogen-bond acceptors (Lipinski definition) is 4. The summed E-state index contributed by atoms with van der Waals surface area (Å²) in [6.07, 6.45) is -3.59. The van der Waals surface area contributed by atoms with Gasteiger partial charge in [0.1, 0.15) is 11.0 Å². The molecule has 0 spiro atoms. The summed E-state index contributed by atoms with van der Waals surface area (Å²) in [6.45, 7) is 0. The normalized spacial score (nSPS) is 17.6. The molecule has 0 saturated heterocycles. The molecule has 2 heterocycles. The lowest BCUT2D eigenvalue weighted by Crippen LogP contribution is -2.25. The van der Waals surface area contributed by atoms with Gasteiger partial charge in [0.2, 0.25) is 0 Å². The lowest BCUT2D eigenvalue weighted by molar-refractivity contribution is -0.286. The van der Waals surface area contributed by atoms with Gasteiger partial charge in [-0.15, -0.1) is 8.78 Å². The number of ether oxygens (including phenoxy) is 2. The first kappa shape index (κ1) is 7.48. The Morgan fingerprint density at radius 2 is 1.57 bits per heavy atom. The van der Waals surface area contributed by atoms with Crippen LogP contribution in [-0.4, -0.2) is 21.7 Å². The first-order valence-electron chi connectivity index (χ1n) is 3.74. The fourth-order valence-electron chi connectivity index (χ4n) is 1.29. The smallest absolute Gasteiger partial charge is 0.395 e. The van der Waals surface area contributed by atoms with Crippen molar-refractivity contribution >= 4 is 11.0 Å². The standard InChI is InChI=1S/C7H3F2N3O2/c8-7(9)13-5-1-3-4(11-12-10-3)2-6(5)14-7/h1-2H,(H,10,11,12). The molecule has 1 aliphatic heterocycles. The molecule has 1 aromatic heterocycles. The molecule has 1 aromatic carbocycles. The predicted octanol–water partition coefficient (Wildman–Crippen LogP) is 1.28. The van der Waals surface area contributed by atoms with Crippen LogP contribution in [0.5, 0.6) is 11.5 Å². The fraction of sp³-hybridized carbons (Fsp3) is 0.143. The molecule has 7 heteroatoms. The molecule has 0 aliphatic carbocycles. The fourth-order valence-corrected chi connectivity index (χ4v) is 1.29. The van der Waals surface area contributed by atoms with E-state index >= 15 is 0 Å². The molecular weight excluding hydrogens is 196 g/mol. The first-order valence-corrected chi connectivity index (χ1v) is 3.74. The number of hydrogen-bond donors (Lipinski definition) is 1. The van der Waals surface area contributed by atoms with Crippen molar-refractivity contribution in [3.63, 3.8) is 0 Å². The molecule has 0 unspecified atom stereocenters. The van der Waals surface area contributed by atoms with Gasteiger partial charge in [-0.25, -0.2) is 0 Å². The second kappa shape index (κ2) is 2.11. The summed E-state index contributed by atoms with van der Waals surface area (Å²) in [5.41, 5.74) is 0.898. The topological polar surface area (TPSA) is 60.0 Å². The second-order valence-corrected chi connectivity index (χ2v) is 2.78. The van der Waals surface area contributed by atoms with Crippen LogP contribution >= 0.6 is 0 Å². The van der Waals surface area contributed by atoms with Crippen LogP contribution in [-0.2, 0) is 0 Å². The van der Waals surface area contributed by atoms with Gasteiger partial charge >= 0.3 is 6.29 Å². The van der Waals surface area contributed by atoms with Gasteiger partial charge in [-0.05, 0) is 0 Å². The molecule has 0 atom stereocenters. The minimum Gasteiger partial charge on any atom is -0.395 e. The summed E-state index contributed by atoms with van der Waals surface area (Å²) in [6, 6.07) is 2.68. The highest BCUT2D eigenvalue weighted by molar-refractivity contribution is 5.78. The first-order chi connectivity index (χ1) is 6.64. The molecule has 0 radical (unpaired) electrons. The summed E-state index contributed by atoms with van der Waals surface area (Å²) in [5, 5.41) is 9.82. The maximum Gasteiger partial charge on any atom is 0.586 e. The van der Waals surface area contributed by atoms with E-state index < -0.39 is 6.29 Å². The third-order valence-electron chi connectivity index (χ3n) is 1.84. The largest absolute Gasteiger partial charge is 0.586 e. The van der Waals surface area contributed by atoms with E-state index in [4.69, 9.17) is 0 Å². The van der Waals surface area contributed by atoms with Crippen molar-refractivity contribution in [3.8, 4) is 11.5 Å². The molecule has 1 aliphatic rings. The number of aromatic amines is 1. The monoisotopic (exact) mass is 199 g/mol. The van der Waals surface area contributed by atoms with Crippen LogP contribution in [0.1, 0.15) is 0 Å². The van der Waals surface area contributed by atoms with E-state index in [0.29, 0.717) is 11.0 Å². The van der Waals surface area contributed by atoms with E-state index in [1.807, 2.05) is 0 Å². The molecular formula is C7H3F2N3O2. The quantitative estimate of drug-likeness (QED) is 0.694. The van der Waals surface area contributed by atoms with Gasteiger partial charge in [0.15, 0.2) is 11.5 Å². The highest BCUT2D eigenvalue weighted by Gasteiger charge is 2.43. The third-order valence-corrected chi connectivity index (χ3v) is 1.84. The number of alkyl halides is 2. The van der Waals surface area contributed by atoms with E-state index in [1.165, 1.54) is 12.1 Å². The molecule has 14 heavy (non-hydrogen) atoms. The lowest BCUT2D eigenvalue weighted by atomic mass is 10.3. The van der Waals surface area contributed by atoms with E-state index in [9.17, 15) is 8.78 Å². The zero-order valence-electron chi connectivity index (χ0n) is 6.62. The number of aromatic nitrogens is 3. The molecule has 1 N–H and O–H groups in total. The van der Waals surface area contributed by atoms with Gasteiger partial charge in [0.25, 0.3) is 0 Å². The molecule has 3 rings (SSSR count). The van der Waals surface area contributed by atoms with Crippen LogP contribution < -0.4 is 9.47 Å². The number of benzene rings is 1. The van der Waals surface area contributed by atoms with Gasteiger partial charge in [-0.2, -0.15) is 15.4 Å². The Balaban J connectivity index is 2.22. The average Bonchev–Trinajstić information content (AvgIpc) is 2.59. The molecule has 0 bridgehead atoms. The van der Waals surface area contributed by atoms with Crippen molar-refractivity contribution in [2.45, 2.75) is 6.29 Å². The SMILES string of the molecule is FC1(F)Oc2cc3n[nH]nc3cc2O1. The summed E-state index contributed by atoms with van der Waals surface area (Å²) in [5.74, 6) is -0.0622. The van der Waals surface area contributed by atoms with Crippen LogP contribution in [0.4, 0.5) is 8.78 Å². The number of fused-ring (bicyclic) bond motifs is 2. The van der Waals surface area contributed by atoms with E-state index in [-0.39, 0.29) is 11.5 Å². The predicted molar refractivity (Wildman–Crippen MR) is 40.1 cm³/mol. The van der Waals surface area contributed by atoms with E-state index in [0.717, 1.165) is 0 Å². The van der Waals surface area contributed by atoms with Crippen LogP contribution in [0.2, 0.25) is 0 Å². The number of nitrogens with one attached hydrogen (secondary N) is 1. The molecule has 0 amide bonds. The minimum absolute atomic E-state index is 0.0311. The highest BCUT2D eigenvalue weighted by atomic mass is 19.3. The molecule has 72 valence electrons. The minimum atomic E-state index is -3.59. The number of rotatable bonds is 0. The molecule has 5 nitrogen and oxygen atoms in total. The zero-order valence-corrected chi connectivity index (χ0v) is 6.62. The van der Waals surface area contributed by atoms with Gasteiger partial charge in [-0.1, -0.05) is 0 Å². The summed E-state index contributed by atoms with van der Waals surface area (Å²) in [7, 11) is 0. The summed E-state index contributed by atoms with van der Waals surface area (Å²) in [4.78, 5) is 0. The van der Waals surface area contributed by atoms with Gasteiger partial charge in [0.05, 0.1) is 0 Å². The lowest BCUT2D eigenvalue weighted by Gasteiger charge is -2.04. The maximum atomic E-state index is 12.6. The summed E-state index contributed by atoms with van der Waals surface area (Å²) < 4.78 is 33.7. The molecule has 0 fully saturated rings. The van der Waals surface area contributed by atoms with Crippen LogP contribution in [0, 0.1) is 0 Å². The van der Waals surface area contributed by atoms with Crippen LogP contribution in [0.15, 0.2) is 12.1 Å². The Bertz CT molecular complexity index is 469. The van der Waals surface area contributed by atoms with Crippen molar-refractivity contribution in [3.05, 3.63) is 12.1 Å². The van der Waals surface area contributed by atoms with Gasteiger partial charge in [0, 0.05) is 12.1 Å². The number of nitrogens with zero attached hydrogens (tertiary/aromatic N) is 2. The highest BCUT2D eigenvalue weighted by Crippen LogP contribution is 2.42. The maximum absolute atomic E-state index is 12.6. The van der Waals surface area contributed by atoms with Crippen LogP contribution in [0.3, 0.4) is 0 Å². The van der Waals surface area contributed by atoms with E-state index in [1.54, 1.807) is 0 Å².